The molecule has 0 aromatic heterocycles. The lowest BCUT2D eigenvalue weighted by Crippen LogP contribution is -2.25. The number of ether oxygens (including phenoxy) is 2. The molecule has 1 aromatic rings. The van der Waals surface area contributed by atoms with Gasteiger partial charge in [0.25, 0.3) is 5.91 Å². The van der Waals surface area contributed by atoms with Gasteiger partial charge in [0.1, 0.15) is 5.56 Å². The summed E-state index contributed by atoms with van der Waals surface area (Å²) in [5.74, 6) is -1.48. The van der Waals surface area contributed by atoms with Gasteiger partial charge in [-0.2, -0.15) is 0 Å². The van der Waals surface area contributed by atoms with E-state index in [-0.39, 0.29) is 34.6 Å². The van der Waals surface area contributed by atoms with Crippen molar-refractivity contribution in [1.29, 1.82) is 0 Å². The largest absolute Gasteiger partial charge is 0.493 e. The molecule has 0 aliphatic carbocycles. The van der Waals surface area contributed by atoms with Gasteiger partial charge in [0.05, 0.1) is 7.11 Å². The molecule has 2 N–H and O–H groups in total. The fourth-order valence-electron chi connectivity index (χ4n) is 1.24. The van der Waals surface area contributed by atoms with Crippen LogP contribution in [0.15, 0.2) is 12.1 Å². The lowest BCUT2D eigenvalue weighted by atomic mass is 10.2. The molecule has 0 bridgehead atoms. The second-order valence-corrected chi connectivity index (χ2v) is 3.69. The topological polar surface area (TPSA) is 84.9 Å². The van der Waals surface area contributed by atoms with Crippen LogP contribution in [0.1, 0.15) is 10.4 Å². The van der Waals surface area contributed by atoms with Gasteiger partial charge < -0.3 is 19.9 Å². The molecule has 7 heteroatoms. The molecular formula is C11H12ClNO5. The standard InChI is InChI=1S/C11H12ClNO5/c1-13-9(14)5-18-10-7(11(15)16)3-6(12)4-8(10)17-2/h3-4H,5H2,1-2H3,(H,13,14)(H,15,16). The number of rotatable bonds is 5. The SMILES string of the molecule is CNC(=O)COc1c(OC)cc(Cl)cc1C(=O)O. The number of aromatic carboxylic acids is 1. The molecule has 0 fully saturated rings. The van der Waals surface area contributed by atoms with Crippen molar-refractivity contribution >= 4 is 23.5 Å². The van der Waals surface area contributed by atoms with Crippen LogP contribution < -0.4 is 14.8 Å². The smallest absolute Gasteiger partial charge is 0.339 e. The van der Waals surface area contributed by atoms with E-state index < -0.39 is 5.97 Å². The summed E-state index contributed by atoms with van der Waals surface area (Å²) in [4.78, 5) is 22.1. The third kappa shape index (κ3) is 3.27. The number of benzene rings is 1. The van der Waals surface area contributed by atoms with E-state index in [2.05, 4.69) is 5.32 Å². The first-order chi connectivity index (χ1) is 8.49. The summed E-state index contributed by atoms with van der Waals surface area (Å²) >= 11 is 5.76. The Bertz CT molecular complexity index is 475. The molecule has 1 amide bonds. The molecule has 0 unspecified atom stereocenters. The summed E-state index contributed by atoms with van der Waals surface area (Å²) in [6.45, 7) is -0.311. The van der Waals surface area contributed by atoms with Crippen molar-refractivity contribution in [1.82, 2.24) is 5.32 Å². The Labute approximate surface area is 108 Å². The summed E-state index contributed by atoms with van der Waals surface area (Å²) in [6.07, 6.45) is 0. The molecule has 1 rings (SSSR count). The van der Waals surface area contributed by atoms with Crippen molar-refractivity contribution in [2.75, 3.05) is 20.8 Å². The van der Waals surface area contributed by atoms with Crippen molar-refractivity contribution in [2.24, 2.45) is 0 Å². The third-order valence-corrected chi connectivity index (χ3v) is 2.31. The van der Waals surface area contributed by atoms with Crippen molar-refractivity contribution in [3.63, 3.8) is 0 Å². The Morgan fingerprint density at radius 3 is 2.61 bits per heavy atom. The number of methoxy groups -OCH3 is 1. The van der Waals surface area contributed by atoms with Crippen LogP contribution in [-0.4, -0.2) is 37.7 Å². The van der Waals surface area contributed by atoms with E-state index >= 15 is 0 Å². The van der Waals surface area contributed by atoms with Gasteiger partial charge in [0, 0.05) is 18.1 Å². The molecule has 0 aliphatic rings. The van der Waals surface area contributed by atoms with Gasteiger partial charge in [-0.05, 0) is 6.07 Å². The first kappa shape index (κ1) is 14.1. The van der Waals surface area contributed by atoms with E-state index in [4.69, 9.17) is 26.2 Å². The summed E-state index contributed by atoms with van der Waals surface area (Å²) < 4.78 is 10.1. The maximum Gasteiger partial charge on any atom is 0.339 e. The fraction of sp³-hybridized carbons (Fsp3) is 0.273. The highest BCUT2D eigenvalue weighted by atomic mass is 35.5. The maximum absolute atomic E-state index is 11.1. The number of amides is 1. The highest BCUT2D eigenvalue weighted by molar-refractivity contribution is 6.31. The Balaban J connectivity index is 3.13. The van der Waals surface area contributed by atoms with Gasteiger partial charge in [-0.25, -0.2) is 4.79 Å². The maximum atomic E-state index is 11.1. The zero-order valence-corrected chi connectivity index (χ0v) is 10.6. The molecular weight excluding hydrogens is 262 g/mol. The summed E-state index contributed by atoms with van der Waals surface area (Å²) in [7, 11) is 2.80. The van der Waals surface area contributed by atoms with Crippen LogP contribution in [0.5, 0.6) is 11.5 Å². The molecule has 0 spiro atoms. The minimum atomic E-state index is -1.22. The molecule has 18 heavy (non-hydrogen) atoms. The quantitative estimate of drug-likeness (QED) is 0.841. The molecule has 0 saturated carbocycles. The number of carboxylic acids is 1. The number of likely N-dealkylation sites (N-methyl/N-ethyl adjacent to an activating group) is 1. The fourth-order valence-corrected chi connectivity index (χ4v) is 1.45. The normalized spacial score (nSPS) is 9.72. The average Bonchev–Trinajstić information content (AvgIpc) is 2.35. The Hall–Kier alpha value is -1.95. The lowest BCUT2D eigenvalue weighted by Gasteiger charge is -2.13. The van der Waals surface area contributed by atoms with Crippen LogP contribution in [0.2, 0.25) is 5.02 Å². The number of hydrogen-bond acceptors (Lipinski definition) is 4. The minimum absolute atomic E-state index is 0.0296. The molecule has 98 valence electrons. The van der Waals surface area contributed by atoms with Gasteiger partial charge in [0.15, 0.2) is 18.1 Å². The van der Waals surface area contributed by atoms with Crippen LogP contribution in [0.25, 0.3) is 0 Å². The van der Waals surface area contributed by atoms with E-state index in [1.165, 1.54) is 26.3 Å². The first-order valence-corrected chi connectivity index (χ1v) is 5.31. The second kappa shape index (κ2) is 6.11. The number of halogens is 1. The molecule has 0 aliphatic heterocycles. The van der Waals surface area contributed by atoms with Crippen molar-refractivity contribution in [3.8, 4) is 11.5 Å². The Kier molecular flexibility index (Phi) is 4.79. The minimum Gasteiger partial charge on any atom is -0.493 e. The molecule has 1 aromatic carbocycles. The number of carbonyl (C=O) groups excluding carboxylic acids is 1. The third-order valence-electron chi connectivity index (χ3n) is 2.10. The van der Waals surface area contributed by atoms with Crippen LogP contribution in [0.4, 0.5) is 0 Å². The molecule has 0 atom stereocenters. The van der Waals surface area contributed by atoms with Crippen molar-refractivity contribution in [2.45, 2.75) is 0 Å². The summed E-state index contributed by atoms with van der Waals surface area (Å²) in [5, 5.41) is 11.6. The van der Waals surface area contributed by atoms with E-state index in [0.717, 1.165) is 0 Å². The number of hydrogen-bond donors (Lipinski definition) is 2. The van der Waals surface area contributed by atoms with Crippen LogP contribution in [0, 0.1) is 0 Å². The zero-order valence-electron chi connectivity index (χ0n) is 9.82. The molecule has 0 saturated heterocycles. The van der Waals surface area contributed by atoms with Gasteiger partial charge in [-0.3, -0.25) is 4.79 Å². The number of carboxylic acid groups (broad SMARTS) is 1. The number of nitrogens with one attached hydrogen (secondary N) is 1. The monoisotopic (exact) mass is 273 g/mol. The predicted molar refractivity (Wildman–Crippen MR) is 64.5 cm³/mol. The van der Waals surface area contributed by atoms with E-state index in [9.17, 15) is 9.59 Å². The molecule has 0 heterocycles. The van der Waals surface area contributed by atoms with E-state index in [1.807, 2.05) is 0 Å². The van der Waals surface area contributed by atoms with Gasteiger partial charge in [0.2, 0.25) is 0 Å². The summed E-state index contributed by atoms with van der Waals surface area (Å²) in [5.41, 5.74) is -0.164. The zero-order chi connectivity index (χ0) is 13.7. The second-order valence-electron chi connectivity index (χ2n) is 3.25. The predicted octanol–water partition coefficient (Wildman–Crippen LogP) is 1.17. The Morgan fingerprint density at radius 1 is 1.44 bits per heavy atom. The van der Waals surface area contributed by atoms with Gasteiger partial charge in [-0.1, -0.05) is 11.6 Å². The lowest BCUT2D eigenvalue weighted by molar-refractivity contribution is -0.122. The Morgan fingerprint density at radius 2 is 2.11 bits per heavy atom. The van der Waals surface area contributed by atoms with Crippen LogP contribution in [-0.2, 0) is 4.79 Å². The highest BCUT2D eigenvalue weighted by Gasteiger charge is 2.19. The van der Waals surface area contributed by atoms with Gasteiger partial charge in [-0.15, -0.1) is 0 Å². The van der Waals surface area contributed by atoms with Crippen molar-refractivity contribution in [3.05, 3.63) is 22.7 Å². The van der Waals surface area contributed by atoms with Crippen molar-refractivity contribution < 1.29 is 24.2 Å². The summed E-state index contributed by atoms with van der Waals surface area (Å²) in [6, 6.07) is 2.64. The number of carbonyl (C=O) groups is 2. The molecule has 6 nitrogen and oxygen atoms in total. The van der Waals surface area contributed by atoms with E-state index in [0.29, 0.717) is 0 Å². The van der Waals surface area contributed by atoms with Crippen LogP contribution >= 0.6 is 11.6 Å². The van der Waals surface area contributed by atoms with E-state index in [1.54, 1.807) is 0 Å². The van der Waals surface area contributed by atoms with Crippen LogP contribution in [0.3, 0.4) is 0 Å². The average molecular weight is 274 g/mol. The van der Waals surface area contributed by atoms with Gasteiger partial charge >= 0.3 is 5.97 Å². The molecule has 0 radical (unpaired) electrons. The highest BCUT2D eigenvalue weighted by Crippen LogP contribution is 2.34. The first-order valence-electron chi connectivity index (χ1n) is 4.93.